The molecule has 0 spiro atoms. The van der Waals surface area contributed by atoms with Crippen molar-refractivity contribution in [2.45, 2.75) is 25.7 Å². The second kappa shape index (κ2) is 5.92. The van der Waals surface area contributed by atoms with Crippen LogP contribution in [0.1, 0.15) is 25.7 Å². The molecule has 0 aromatic rings. The van der Waals surface area contributed by atoms with Gasteiger partial charge < -0.3 is 0 Å². The zero-order valence-corrected chi connectivity index (χ0v) is 9.75. The van der Waals surface area contributed by atoms with E-state index in [0.29, 0.717) is 5.41 Å². The summed E-state index contributed by atoms with van der Waals surface area (Å²) in [6, 6.07) is 0. The molecule has 1 saturated heterocycles. The number of hydrogen-bond donors (Lipinski definition) is 0. The predicted octanol–water partition coefficient (Wildman–Crippen LogP) is 3.41. The number of nitrogens with zero attached hydrogens (tertiary/aromatic N) is 1. The lowest BCUT2D eigenvalue weighted by molar-refractivity contribution is 0.116. The number of hydrogen-bond acceptors (Lipinski definition) is 1. The predicted molar refractivity (Wildman–Crippen MR) is 67.9 cm³/mol. The molecule has 0 aliphatic carbocycles. The van der Waals surface area contributed by atoms with E-state index in [4.69, 9.17) is 0 Å². The fraction of sp³-hybridized carbons (Fsp3) is 0.571. The van der Waals surface area contributed by atoms with Gasteiger partial charge in [-0.05, 0) is 44.2 Å². The van der Waals surface area contributed by atoms with Crippen LogP contribution in [-0.2, 0) is 0 Å². The maximum absolute atomic E-state index is 3.87. The van der Waals surface area contributed by atoms with E-state index in [1.807, 2.05) is 6.08 Å². The Labute approximate surface area is 94.2 Å². The van der Waals surface area contributed by atoms with Crippen LogP contribution in [0.4, 0.5) is 0 Å². The van der Waals surface area contributed by atoms with Gasteiger partial charge in [0.2, 0.25) is 0 Å². The van der Waals surface area contributed by atoms with Gasteiger partial charge in [0, 0.05) is 6.54 Å². The van der Waals surface area contributed by atoms with Gasteiger partial charge in [-0.25, -0.2) is 0 Å². The van der Waals surface area contributed by atoms with Crippen molar-refractivity contribution in [2.24, 2.45) is 5.41 Å². The highest BCUT2D eigenvalue weighted by atomic mass is 15.1. The highest BCUT2D eigenvalue weighted by Crippen LogP contribution is 2.38. The fourth-order valence-corrected chi connectivity index (χ4v) is 2.50. The second-order valence-corrected chi connectivity index (χ2v) is 4.57. The second-order valence-electron chi connectivity index (χ2n) is 4.57. The van der Waals surface area contributed by atoms with Gasteiger partial charge in [0.1, 0.15) is 0 Å². The third kappa shape index (κ3) is 3.35. The summed E-state index contributed by atoms with van der Waals surface area (Å²) >= 11 is 0. The van der Waals surface area contributed by atoms with Gasteiger partial charge in [0.15, 0.2) is 0 Å². The van der Waals surface area contributed by atoms with Gasteiger partial charge in [-0.3, -0.25) is 4.90 Å². The van der Waals surface area contributed by atoms with E-state index in [1.165, 1.54) is 25.9 Å². The molecule has 0 amide bonds. The normalized spacial score (nSPS) is 20.8. The van der Waals surface area contributed by atoms with Crippen LogP contribution in [0.25, 0.3) is 0 Å². The lowest BCUT2D eigenvalue weighted by Gasteiger charge is -2.40. The Morgan fingerprint density at radius 1 is 0.933 bits per heavy atom. The largest absolute Gasteiger partial charge is 0.300 e. The van der Waals surface area contributed by atoms with Crippen molar-refractivity contribution in [3.05, 3.63) is 38.0 Å². The van der Waals surface area contributed by atoms with Crippen LogP contribution in [0, 0.1) is 5.41 Å². The molecule has 1 aliphatic heterocycles. The lowest BCUT2D eigenvalue weighted by atomic mass is 9.73. The molecule has 1 heteroatoms. The maximum Gasteiger partial charge on any atom is 0.0160 e. The summed E-state index contributed by atoms with van der Waals surface area (Å²) in [6.07, 6.45) is 10.9. The van der Waals surface area contributed by atoms with Crippen LogP contribution in [0.15, 0.2) is 38.0 Å². The van der Waals surface area contributed by atoms with Crippen molar-refractivity contribution >= 4 is 0 Å². The van der Waals surface area contributed by atoms with Crippen LogP contribution >= 0.6 is 0 Å². The molecule has 1 heterocycles. The van der Waals surface area contributed by atoms with Gasteiger partial charge in [0.25, 0.3) is 0 Å². The monoisotopic (exact) mass is 205 g/mol. The minimum absolute atomic E-state index is 0.446. The molecule has 1 fully saturated rings. The van der Waals surface area contributed by atoms with E-state index in [9.17, 15) is 0 Å². The van der Waals surface area contributed by atoms with Crippen molar-refractivity contribution in [1.29, 1.82) is 0 Å². The molecule has 0 unspecified atom stereocenters. The highest BCUT2D eigenvalue weighted by Gasteiger charge is 2.31. The Hall–Kier alpha value is -0.820. The molecule has 0 saturated carbocycles. The third-order valence-electron chi connectivity index (χ3n) is 3.46. The van der Waals surface area contributed by atoms with Crippen LogP contribution in [-0.4, -0.2) is 24.5 Å². The molecule has 0 atom stereocenters. The zero-order valence-electron chi connectivity index (χ0n) is 9.75. The van der Waals surface area contributed by atoms with Crippen LogP contribution in [0.3, 0.4) is 0 Å². The summed E-state index contributed by atoms with van der Waals surface area (Å²) in [5, 5.41) is 0. The van der Waals surface area contributed by atoms with Crippen LogP contribution in [0.2, 0.25) is 0 Å². The molecule has 1 aliphatic rings. The Bertz CT molecular complexity index is 209. The topological polar surface area (TPSA) is 3.24 Å². The average Bonchev–Trinajstić information content (AvgIpc) is 2.23. The molecular formula is C14H23N. The molecule has 1 nitrogen and oxygen atoms in total. The SMILES string of the molecule is C=CCN1CCC(CC=C)(CC=C)CC1. The van der Waals surface area contributed by atoms with E-state index < -0.39 is 0 Å². The number of allylic oxidation sites excluding steroid dienone is 2. The quantitative estimate of drug-likeness (QED) is 0.601. The molecule has 0 bridgehead atoms. The Balaban J connectivity index is 2.51. The standard InChI is InChI=1S/C14H23N/c1-4-7-14(8-5-2)9-12-15(11-6-3)13-10-14/h4-6H,1-3,7-13H2. The Morgan fingerprint density at radius 3 is 1.87 bits per heavy atom. The molecule has 1 rings (SSSR count). The number of likely N-dealkylation sites (tertiary alicyclic amines) is 1. The molecule has 0 aromatic carbocycles. The number of piperidine rings is 1. The first kappa shape index (κ1) is 12.3. The van der Waals surface area contributed by atoms with Crippen LogP contribution < -0.4 is 0 Å². The fourth-order valence-electron chi connectivity index (χ4n) is 2.50. The summed E-state index contributed by atoms with van der Waals surface area (Å²) in [7, 11) is 0. The van der Waals surface area contributed by atoms with E-state index in [-0.39, 0.29) is 0 Å². The van der Waals surface area contributed by atoms with Gasteiger partial charge >= 0.3 is 0 Å². The smallest absolute Gasteiger partial charge is 0.0160 e. The molecule has 15 heavy (non-hydrogen) atoms. The number of rotatable bonds is 6. The molecule has 84 valence electrons. The minimum atomic E-state index is 0.446. The molecule has 0 radical (unpaired) electrons. The van der Waals surface area contributed by atoms with E-state index in [2.05, 4.69) is 36.8 Å². The van der Waals surface area contributed by atoms with Crippen LogP contribution in [0.5, 0.6) is 0 Å². The van der Waals surface area contributed by atoms with Gasteiger partial charge in [-0.1, -0.05) is 18.2 Å². The van der Waals surface area contributed by atoms with Crippen molar-refractivity contribution in [2.75, 3.05) is 19.6 Å². The Kier molecular flexibility index (Phi) is 4.83. The summed E-state index contributed by atoms with van der Waals surface area (Å²) < 4.78 is 0. The van der Waals surface area contributed by atoms with Gasteiger partial charge in [-0.15, -0.1) is 19.7 Å². The zero-order chi connectivity index (χ0) is 11.1. The third-order valence-corrected chi connectivity index (χ3v) is 3.46. The lowest BCUT2D eigenvalue weighted by Crippen LogP contribution is -2.39. The van der Waals surface area contributed by atoms with E-state index >= 15 is 0 Å². The van der Waals surface area contributed by atoms with E-state index in [1.54, 1.807) is 0 Å². The molecule has 0 aromatic heterocycles. The molecular weight excluding hydrogens is 182 g/mol. The first-order valence-corrected chi connectivity index (χ1v) is 5.81. The highest BCUT2D eigenvalue weighted by molar-refractivity contribution is 4.95. The Morgan fingerprint density at radius 2 is 1.47 bits per heavy atom. The summed E-state index contributed by atoms with van der Waals surface area (Å²) in [5.74, 6) is 0. The first-order chi connectivity index (χ1) is 7.26. The van der Waals surface area contributed by atoms with Crippen molar-refractivity contribution in [3.63, 3.8) is 0 Å². The van der Waals surface area contributed by atoms with Gasteiger partial charge in [0.05, 0.1) is 0 Å². The van der Waals surface area contributed by atoms with Gasteiger partial charge in [-0.2, -0.15) is 0 Å². The summed E-state index contributed by atoms with van der Waals surface area (Å²) in [6.45, 7) is 14.9. The van der Waals surface area contributed by atoms with Crippen molar-refractivity contribution in [3.8, 4) is 0 Å². The maximum atomic E-state index is 3.87. The minimum Gasteiger partial charge on any atom is -0.300 e. The summed E-state index contributed by atoms with van der Waals surface area (Å²) in [5.41, 5.74) is 0.446. The van der Waals surface area contributed by atoms with Crippen molar-refractivity contribution in [1.82, 2.24) is 4.90 Å². The summed E-state index contributed by atoms with van der Waals surface area (Å²) in [4.78, 5) is 2.47. The first-order valence-electron chi connectivity index (χ1n) is 5.81. The molecule has 0 N–H and O–H groups in total. The van der Waals surface area contributed by atoms with Crippen molar-refractivity contribution < 1.29 is 0 Å². The average molecular weight is 205 g/mol. The van der Waals surface area contributed by atoms with E-state index in [0.717, 1.165) is 19.4 Å².